The number of para-hydroxylation sites is 1. The van der Waals surface area contributed by atoms with Crippen molar-refractivity contribution in [3.05, 3.63) is 198 Å². The molecule has 0 spiro atoms. The molecule has 0 amide bonds. The van der Waals surface area contributed by atoms with Gasteiger partial charge in [-0.15, -0.1) is 0 Å². The fourth-order valence-electron chi connectivity index (χ4n) is 10.5. The van der Waals surface area contributed by atoms with Crippen LogP contribution in [0.3, 0.4) is 0 Å². The van der Waals surface area contributed by atoms with Gasteiger partial charge in [-0.25, -0.2) is 0 Å². The van der Waals surface area contributed by atoms with Crippen molar-refractivity contribution >= 4 is 46.6 Å². The molecule has 0 bridgehead atoms. The molecule has 0 saturated carbocycles. The van der Waals surface area contributed by atoms with Crippen LogP contribution in [0.15, 0.2) is 176 Å². The summed E-state index contributed by atoms with van der Waals surface area (Å²) in [5.41, 5.74) is 24.5. The zero-order valence-electron chi connectivity index (χ0n) is 35.0. The number of aryl methyl sites for hydroxylation is 1. The Bertz CT molecular complexity index is 2930. The van der Waals surface area contributed by atoms with E-state index in [1.807, 2.05) is 0 Å². The largest absolute Gasteiger partial charge is 0.355 e. The molecule has 1 aliphatic carbocycles. The smallest absolute Gasteiger partial charge is 0.198 e. The molecule has 2 aliphatic heterocycles. The van der Waals surface area contributed by atoms with Crippen LogP contribution in [0, 0.1) is 0 Å². The Hall–Kier alpha value is -6.58. The van der Waals surface area contributed by atoms with Crippen LogP contribution in [-0.4, -0.2) is 7.28 Å². The first-order valence-electron chi connectivity index (χ1n) is 21.7. The molecular formula is C57H49BN2. The Kier molecular flexibility index (Phi) is 8.53. The van der Waals surface area contributed by atoms with Crippen molar-refractivity contribution in [3.8, 4) is 44.5 Å². The van der Waals surface area contributed by atoms with Gasteiger partial charge in [-0.3, -0.25) is 0 Å². The maximum atomic E-state index is 3.95. The van der Waals surface area contributed by atoms with Crippen molar-refractivity contribution in [2.75, 3.05) is 10.2 Å². The first kappa shape index (κ1) is 36.5. The molecule has 8 aromatic carbocycles. The molecule has 0 atom stereocenters. The lowest BCUT2D eigenvalue weighted by Crippen LogP contribution is -2.45. The van der Waals surface area contributed by atoms with Crippen LogP contribution >= 0.6 is 0 Å². The second-order valence-electron chi connectivity index (χ2n) is 18.3. The molecule has 0 unspecified atom stereocenters. The lowest BCUT2D eigenvalue weighted by atomic mass is 9.55. The first-order valence-corrected chi connectivity index (χ1v) is 21.7. The summed E-state index contributed by atoms with van der Waals surface area (Å²) in [5, 5.41) is 3.95. The average Bonchev–Trinajstić information content (AvgIpc) is 3.28. The van der Waals surface area contributed by atoms with Gasteiger partial charge in [0.1, 0.15) is 0 Å². The van der Waals surface area contributed by atoms with E-state index in [4.69, 9.17) is 0 Å². The predicted molar refractivity (Wildman–Crippen MR) is 257 cm³/mol. The highest BCUT2D eigenvalue weighted by molar-refractivity contribution is 6.73. The number of fused-ring (bicyclic) bond motifs is 5. The molecule has 3 aliphatic rings. The van der Waals surface area contributed by atoms with E-state index >= 15 is 0 Å². The van der Waals surface area contributed by atoms with Gasteiger partial charge in [0.2, 0.25) is 0 Å². The Labute approximate surface area is 355 Å². The number of anilines is 5. The Morgan fingerprint density at radius 1 is 0.500 bits per heavy atom. The molecule has 2 nitrogen and oxygen atoms in total. The number of nitrogens with zero attached hydrogens (tertiary/aromatic N) is 1. The summed E-state index contributed by atoms with van der Waals surface area (Å²) in [6, 6.07) is 65.4. The number of nitrogens with one attached hydrogen (secondary N) is 1. The van der Waals surface area contributed by atoms with Crippen LogP contribution in [0.5, 0.6) is 0 Å². The summed E-state index contributed by atoms with van der Waals surface area (Å²) < 4.78 is 0. The third-order valence-corrected chi connectivity index (χ3v) is 13.8. The minimum Gasteiger partial charge on any atom is -0.355 e. The third-order valence-electron chi connectivity index (χ3n) is 13.8. The van der Waals surface area contributed by atoms with Crippen molar-refractivity contribution in [1.82, 2.24) is 0 Å². The van der Waals surface area contributed by atoms with Crippen LogP contribution in [-0.2, 0) is 17.3 Å². The minimum atomic E-state index is -0.141. The minimum absolute atomic E-state index is 0.141. The summed E-state index contributed by atoms with van der Waals surface area (Å²) in [4.78, 5) is 2.66. The molecule has 0 fully saturated rings. The molecule has 3 heteroatoms. The Balaban J connectivity index is 1.14. The summed E-state index contributed by atoms with van der Waals surface area (Å²) in [6.45, 7) is 9.78. The van der Waals surface area contributed by atoms with Crippen LogP contribution in [0.25, 0.3) is 44.5 Å². The Morgan fingerprint density at radius 2 is 1.13 bits per heavy atom. The topological polar surface area (TPSA) is 15.3 Å². The SMILES string of the molecule is CC1(C)CCCc2cc3c(cc21)C(C)(C)c1cccc2c1N3c1cc(-c3ccccc3)cc(-c3ccc(-c4ccccc4)cc3Nc3ccc(-c4ccccc4)cc3)c1B2. The van der Waals surface area contributed by atoms with E-state index in [1.165, 1.54) is 108 Å². The fourth-order valence-corrected chi connectivity index (χ4v) is 10.5. The van der Waals surface area contributed by atoms with Crippen molar-refractivity contribution < 1.29 is 0 Å². The molecule has 60 heavy (non-hydrogen) atoms. The summed E-state index contributed by atoms with van der Waals surface area (Å²) in [5.74, 6) is 0. The molecule has 0 aromatic heterocycles. The quantitative estimate of drug-likeness (QED) is 0.169. The predicted octanol–water partition coefficient (Wildman–Crippen LogP) is 13.5. The first-order chi connectivity index (χ1) is 29.2. The summed E-state index contributed by atoms with van der Waals surface area (Å²) >= 11 is 0. The highest BCUT2D eigenvalue weighted by Gasteiger charge is 2.43. The zero-order valence-corrected chi connectivity index (χ0v) is 35.0. The van der Waals surface area contributed by atoms with E-state index in [0.717, 1.165) is 25.1 Å². The van der Waals surface area contributed by atoms with Crippen LogP contribution in [0.2, 0.25) is 0 Å². The van der Waals surface area contributed by atoms with Gasteiger partial charge < -0.3 is 10.2 Å². The maximum Gasteiger partial charge on any atom is 0.198 e. The van der Waals surface area contributed by atoms with Crippen molar-refractivity contribution in [2.24, 2.45) is 0 Å². The lowest BCUT2D eigenvalue weighted by molar-refractivity contribution is 0.430. The lowest BCUT2D eigenvalue weighted by Gasteiger charge is -2.47. The highest BCUT2D eigenvalue weighted by Crippen LogP contribution is 2.55. The van der Waals surface area contributed by atoms with Gasteiger partial charge in [-0.05, 0) is 128 Å². The number of hydrogen-bond acceptors (Lipinski definition) is 2. The second-order valence-corrected chi connectivity index (χ2v) is 18.3. The van der Waals surface area contributed by atoms with E-state index in [0.29, 0.717) is 0 Å². The number of hydrogen-bond donors (Lipinski definition) is 1. The fraction of sp³-hybridized carbons (Fsp3) is 0.158. The molecular weight excluding hydrogens is 723 g/mol. The Morgan fingerprint density at radius 3 is 1.83 bits per heavy atom. The van der Waals surface area contributed by atoms with Gasteiger partial charge in [0.05, 0.1) is 5.69 Å². The van der Waals surface area contributed by atoms with Crippen molar-refractivity contribution in [2.45, 2.75) is 57.8 Å². The van der Waals surface area contributed by atoms with E-state index in [1.54, 1.807) is 0 Å². The molecule has 0 saturated heterocycles. The number of rotatable bonds is 6. The van der Waals surface area contributed by atoms with E-state index in [2.05, 4.69) is 214 Å². The molecule has 11 rings (SSSR count). The summed E-state index contributed by atoms with van der Waals surface area (Å²) in [6.07, 6.45) is 3.59. The maximum absolute atomic E-state index is 3.95. The molecule has 2 heterocycles. The van der Waals surface area contributed by atoms with E-state index in [-0.39, 0.29) is 10.8 Å². The van der Waals surface area contributed by atoms with Crippen molar-refractivity contribution in [1.29, 1.82) is 0 Å². The van der Waals surface area contributed by atoms with Gasteiger partial charge in [0.25, 0.3) is 0 Å². The standard InChI is InChI=1S/C57H49BN2/c1-56(2)31-15-22-42-34-52-49(36-48(42)56)57(3,4)47-23-14-24-50-55(47)60(52)53-35-43(39-20-12-7-13-21-39)32-46(54(53)58-50)45-30-27-41(38-18-10-6-11-19-38)33-51(45)59-44-28-25-40(26-29-44)37-16-8-5-9-17-37/h5-14,16-21,23-30,32-36,58-59H,15,22,31H2,1-4H3. The van der Waals surface area contributed by atoms with Crippen LogP contribution in [0.4, 0.5) is 28.4 Å². The zero-order chi connectivity index (χ0) is 40.6. The normalized spacial score (nSPS) is 15.2. The van der Waals surface area contributed by atoms with Crippen LogP contribution in [0.1, 0.15) is 62.8 Å². The highest BCUT2D eigenvalue weighted by atomic mass is 15.2. The average molecular weight is 773 g/mol. The van der Waals surface area contributed by atoms with Gasteiger partial charge >= 0.3 is 0 Å². The molecule has 1 N–H and O–H groups in total. The molecule has 0 radical (unpaired) electrons. The number of benzene rings is 8. The monoisotopic (exact) mass is 772 g/mol. The van der Waals surface area contributed by atoms with Crippen molar-refractivity contribution in [3.63, 3.8) is 0 Å². The van der Waals surface area contributed by atoms with Gasteiger partial charge in [0.15, 0.2) is 7.28 Å². The van der Waals surface area contributed by atoms with Gasteiger partial charge in [-0.1, -0.05) is 173 Å². The van der Waals surface area contributed by atoms with Gasteiger partial charge in [0, 0.05) is 33.7 Å². The van der Waals surface area contributed by atoms with E-state index in [9.17, 15) is 0 Å². The second kappa shape index (κ2) is 14.0. The van der Waals surface area contributed by atoms with E-state index < -0.39 is 0 Å². The van der Waals surface area contributed by atoms with Crippen LogP contribution < -0.4 is 21.1 Å². The van der Waals surface area contributed by atoms with Gasteiger partial charge in [-0.2, -0.15) is 0 Å². The molecule has 290 valence electrons. The summed E-state index contributed by atoms with van der Waals surface area (Å²) in [7, 11) is 0.856. The third kappa shape index (κ3) is 6.02. The molecule has 8 aromatic rings.